The van der Waals surface area contributed by atoms with Crippen molar-refractivity contribution in [3.05, 3.63) is 28.2 Å². The summed E-state index contributed by atoms with van der Waals surface area (Å²) in [6, 6.07) is 6.29. The van der Waals surface area contributed by atoms with E-state index in [2.05, 4.69) is 67.1 Å². The molecule has 2 nitrogen and oxygen atoms in total. The van der Waals surface area contributed by atoms with Gasteiger partial charge in [-0.15, -0.1) is 0 Å². The third kappa shape index (κ3) is 2.98. The lowest BCUT2D eigenvalue weighted by Crippen LogP contribution is -2.47. The number of halogens is 1. The molecule has 0 saturated carbocycles. The summed E-state index contributed by atoms with van der Waals surface area (Å²) in [5.41, 5.74) is 8.15. The average Bonchev–Trinajstić information content (AvgIpc) is 2.23. The second-order valence-corrected chi connectivity index (χ2v) is 5.74. The van der Waals surface area contributed by atoms with Gasteiger partial charge in [-0.1, -0.05) is 19.9 Å². The Bertz CT molecular complexity index is 363. The summed E-state index contributed by atoms with van der Waals surface area (Å²) in [6.45, 7) is 9.23. The Balaban J connectivity index is 2.98. The first-order chi connectivity index (χ1) is 7.39. The molecule has 90 valence electrons. The van der Waals surface area contributed by atoms with Crippen molar-refractivity contribution < 1.29 is 0 Å². The van der Waals surface area contributed by atoms with Crippen LogP contribution in [0.5, 0.6) is 0 Å². The maximum absolute atomic E-state index is 5.87. The van der Waals surface area contributed by atoms with Gasteiger partial charge in [0.25, 0.3) is 0 Å². The van der Waals surface area contributed by atoms with Crippen molar-refractivity contribution in [2.24, 2.45) is 11.7 Å². The van der Waals surface area contributed by atoms with Gasteiger partial charge in [-0.25, -0.2) is 0 Å². The molecule has 3 N–H and O–H groups in total. The van der Waals surface area contributed by atoms with Crippen molar-refractivity contribution in [3.8, 4) is 0 Å². The summed E-state index contributed by atoms with van der Waals surface area (Å²) < 4.78 is 1.08. The van der Waals surface area contributed by atoms with Crippen LogP contribution in [0.4, 0.5) is 5.69 Å². The summed E-state index contributed by atoms with van der Waals surface area (Å²) in [5.74, 6) is 0.477. The molecule has 16 heavy (non-hydrogen) atoms. The van der Waals surface area contributed by atoms with Crippen LogP contribution in [0.2, 0.25) is 0 Å². The highest BCUT2D eigenvalue weighted by Gasteiger charge is 2.26. The molecule has 0 spiro atoms. The van der Waals surface area contributed by atoms with Crippen molar-refractivity contribution in [3.63, 3.8) is 0 Å². The Hall–Kier alpha value is -0.540. The highest BCUT2D eigenvalue weighted by Crippen LogP contribution is 2.28. The minimum Gasteiger partial charge on any atom is -0.377 e. The molecule has 0 aromatic heterocycles. The Morgan fingerprint density at radius 2 is 2.06 bits per heavy atom. The zero-order valence-corrected chi connectivity index (χ0v) is 12.1. The van der Waals surface area contributed by atoms with Crippen LogP contribution in [-0.4, -0.2) is 12.1 Å². The van der Waals surface area contributed by atoms with Gasteiger partial charge in [0.15, 0.2) is 0 Å². The largest absolute Gasteiger partial charge is 0.377 e. The van der Waals surface area contributed by atoms with Gasteiger partial charge in [-0.2, -0.15) is 0 Å². The molecular formula is C13H21BrN2. The Morgan fingerprint density at radius 1 is 1.44 bits per heavy atom. The summed E-state index contributed by atoms with van der Waals surface area (Å²) in [4.78, 5) is 0. The van der Waals surface area contributed by atoms with Crippen molar-refractivity contribution in [1.29, 1.82) is 0 Å². The molecule has 0 fully saturated rings. The molecule has 0 aliphatic rings. The van der Waals surface area contributed by atoms with Crippen LogP contribution < -0.4 is 11.1 Å². The lowest BCUT2D eigenvalue weighted by Gasteiger charge is -2.35. The van der Waals surface area contributed by atoms with E-state index in [4.69, 9.17) is 5.73 Å². The van der Waals surface area contributed by atoms with Gasteiger partial charge in [0.2, 0.25) is 0 Å². The molecule has 0 radical (unpaired) electrons. The normalized spacial score (nSPS) is 14.9. The topological polar surface area (TPSA) is 38.0 Å². The fourth-order valence-electron chi connectivity index (χ4n) is 1.47. The lowest BCUT2D eigenvalue weighted by atomic mass is 9.88. The van der Waals surface area contributed by atoms with Crippen LogP contribution in [0.1, 0.15) is 26.3 Å². The predicted molar refractivity (Wildman–Crippen MR) is 74.8 cm³/mol. The van der Waals surface area contributed by atoms with Gasteiger partial charge in [0.1, 0.15) is 0 Å². The van der Waals surface area contributed by atoms with Gasteiger partial charge >= 0.3 is 0 Å². The molecule has 3 heteroatoms. The molecule has 1 aromatic rings. The highest BCUT2D eigenvalue weighted by atomic mass is 79.9. The molecular weight excluding hydrogens is 264 g/mol. The van der Waals surface area contributed by atoms with Crippen LogP contribution in [0.25, 0.3) is 0 Å². The number of nitrogens with two attached hydrogens (primary N) is 1. The van der Waals surface area contributed by atoms with Crippen LogP contribution in [-0.2, 0) is 0 Å². The first-order valence-corrected chi connectivity index (χ1v) is 6.43. The number of hydrogen-bond donors (Lipinski definition) is 2. The quantitative estimate of drug-likeness (QED) is 0.888. The molecule has 1 atom stereocenters. The zero-order valence-electron chi connectivity index (χ0n) is 10.5. The van der Waals surface area contributed by atoms with Crippen molar-refractivity contribution >= 4 is 21.6 Å². The van der Waals surface area contributed by atoms with E-state index in [0.717, 1.165) is 10.2 Å². The van der Waals surface area contributed by atoms with E-state index in [9.17, 15) is 0 Å². The predicted octanol–water partition coefficient (Wildman–Crippen LogP) is 3.54. The van der Waals surface area contributed by atoms with Gasteiger partial charge in [-0.3, -0.25) is 0 Å². The summed E-state index contributed by atoms with van der Waals surface area (Å²) in [7, 11) is 0. The van der Waals surface area contributed by atoms with E-state index in [0.29, 0.717) is 12.5 Å². The smallest absolute Gasteiger partial charge is 0.0492 e. The van der Waals surface area contributed by atoms with Crippen LogP contribution in [0, 0.1) is 12.8 Å². The number of benzene rings is 1. The first kappa shape index (κ1) is 13.5. The molecule has 0 aliphatic carbocycles. The maximum atomic E-state index is 5.87. The van der Waals surface area contributed by atoms with Gasteiger partial charge in [-0.05, 0) is 53.4 Å². The van der Waals surface area contributed by atoms with E-state index < -0.39 is 0 Å². The summed E-state index contributed by atoms with van der Waals surface area (Å²) in [6.07, 6.45) is 0. The van der Waals surface area contributed by atoms with E-state index in [1.54, 1.807) is 0 Å². The second kappa shape index (κ2) is 5.19. The van der Waals surface area contributed by atoms with Crippen LogP contribution >= 0.6 is 15.9 Å². The minimum absolute atomic E-state index is 0.0731. The van der Waals surface area contributed by atoms with E-state index in [1.165, 1.54) is 5.56 Å². The highest BCUT2D eigenvalue weighted by molar-refractivity contribution is 9.10. The summed E-state index contributed by atoms with van der Waals surface area (Å²) in [5, 5.41) is 3.54. The van der Waals surface area contributed by atoms with Gasteiger partial charge in [0, 0.05) is 22.2 Å². The Morgan fingerprint density at radius 3 is 2.56 bits per heavy atom. The maximum Gasteiger partial charge on any atom is 0.0492 e. The average molecular weight is 285 g/mol. The fourth-order valence-corrected chi connectivity index (χ4v) is 1.82. The third-order valence-electron chi connectivity index (χ3n) is 3.24. The molecule has 0 amide bonds. The fraction of sp³-hybridized carbons (Fsp3) is 0.538. The zero-order chi connectivity index (χ0) is 12.3. The van der Waals surface area contributed by atoms with Crippen molar-refractivity contribution in [1.82, 2.24) is 0 Å². The number of hydrogen-bond acceptors (Lipinski definition) is 2. The SMILES string of the molecule is Cc1ccc(Br)c(NC(C)(CN)C(C)C)c1. The number of rotatable bonds is 4. The molecule has 1 rings (SSSR count). The van der Waals surface area contributed by atoms with E-state index in [1.807, 2.05) is 0 Å². The van der Waals surface area contributed by atoms with E-state index in [-0.39, 0.29) is 5.54 Å². The lowest BCUT2D eigenvalue weighted by molar-refractivity contribution is 0.382. The first-order valence-electron chi connectivity index (χ1n) is 5.63. The van der Waals surface area contributed by atoms with Crippen LogP contribution in [0.3, 0.4) is 0 Å². The van der Waals surface area contributed by atoms with Gasteiger partial charge < -0.3 is 11.1 Å². The summed E-state index contributed by atoms with van der Waals surface area (Å²) >= 11 is 3.56. The Labute approximate surface area is 107 Å². The molecule has 1 aromatic carbocycles. The molecule has 0 saturated heterocycles. The number of anilines is 1. The van der Waals surface area contributed by atoms with Crippen molar-refractivity contribution in [2.45, 2.75) is 33.2 Å². The molecule has 0 bridgehead atoms. The second-order valence-electron chi connectivity index (χ2n) is 4.88. The molecule has 1 unspecified atom stereocenters. The Kier molecular flexibility index (Phi) is 4.39. The number of aryl methyl sites for hydroxylation is 1. The third-order valence-corrected chi connectivity index (χ3v) is 3.93. The van der Waals surface area contributed by atoms with Crippen molar-refractivity contribution in [2.75, 3.05) is 11.9 Å². The minimum atomic E-state index is -0.0731. The number of nitrogens with one attached hydrogen (secondary N) is 1. The monoisotopic (exact) mass is 284 g/mol. The standard InChI is InChI=1S/C13H21BrN2/c1-9(2)13(4,8-15)16-12-7-10(3)5-6-11(12)14/h5-7,9,16H,8,15H2,1-4H3. The van der Waals surface area contributed by atoms with E-state index >= 15 is 0 Å². The molecule has 0 aliphatic heterocycles. The van der Waals surface area contributed by atoms with Crippen LogP contribution in [0.15, 0.2) is 22.7 Å². The van der Waals surface area contributed by atoms with Gasteiger partial charge in [0.05, 0.1) is 0 Å². The molecule has 0 heterocycles.